The summed E-state index contributed by atoms with van der Waals surface area (Å²) in [7, 11) is 1.68. The van der Waals surface area contributed by atoms with Crippen LogP contribution in [0.1, 0.15) is 30.5 Å². The van der Waals surface area contributed by atoms with Crippen LogP contribution >= 0.6 is 0 Å². The molecule has 2 fully saturated rings. The number of hydrogen-bond donors (Lipinski definition) is 1. The fourth-order valence-electron chi connectivity index (χ4n) is 4.97. The number of halogens is 1. The lowest BCUT2D eigenvalue weighted by Gasteiger charge is -2.55. The number of carbonyl (C=O) groups excluding carboxylic acids is 3. The first kappa shape index (κ1) is 27.5. The highest BCUT2D eigenvalue weighted by Gasteiger charge is 2.51. The third-order valence-corrected chi connectivity index (χ3v) is 6.96. The Morgan fingerprint density at radius 1 is 1.08 bits per heavy atom. The van der Waals surface area contributed by atoms with Crippen LogP contribution in [0.25, 0.3) is 0 Å². The maximum atomic E-state index is 13.5. The largest absolute Gasteiger partial charge is 0.375 e. The van der Waals surface area contributed by atoms with Gasteiger partial charge in [-0.25, -0.2) is 19.2 Å². The number of benzene rings is 2. The van der Waals surface area contributed by atoms with Gasteiger partial charge >= 0.3 is 6.03 Å². The van der Waals surface area contributed by atoms with Crippen LogP contribution in [-0.2, 0) is 27.5 Å². The first-order valence-corrected chi connectivity index (χ1v) is 12.9. The molecule has 2 aliphatic heterocycles. The number of hydrazine groups is 1. The lowest BCUT2D eigenvalue weighted by Crippen LogP contribution is -2.76. The number of aryl methyl sites for hydroxylation is 1. The predicted molar refractivity (Wildman–Crippen MR) is 140 cm³/mol. The van der Waals surface area contributed by atoms with Crippen molar-refractivity contribution in [3.63, 3.8) is 0 Å². The number of ether oxygens (including phenoxy) is 1. The minimum absolute atomic E-state index is 0.0172. The molecule has 0 bridgehead atoms. The molecule has 1 N–H and O–H groups in total. The lowest BCUT2D eigenvalue weighted by molar-refractivity contribution is -0.190. The Kier molecular flexibility index (Phi) is 8.63. The first-order chi connectivity index (χ1) is 18.2. The lowest BCUT2D eigenvalue weighted by atomic mass is 9.96. The summed E-state index contributed by atoms with van der Waals surface area (Å²) in [5.41, 5.74) is 2.98. The number of piperazine rings is 1. The van der Waals surface area contributed by atoms with Gasteiger partial charge in [-0.1, -0.05) is 55.8 Å². The Morgan fingerprint density at radius 2 is 1.74 bits per heavy atom. The summed E-state index contributed by atoms with van der Waals surface area (Å²) in [5, 5.41) is 5.96. The number of fused-ring (bicyclic) bond motifs is 1. The van der Waals surface area contributed by atoms with Crippen LogP contribution in [0.4, 0.5) is 9.18 Å². The Hall–Kier alpha value is -3.50. The van der Waals surface area contributed by atoms with E-state index in [0.717, 1.165) is 11.1 Å². The third kappa shape index (κ3) is 6.14. The highest BCUT2D eigenvalue weighted by molar-refractivity contribution is 5.91. The van der Waals surface area contributed by atoms with E-state index in [2.05, 4.69) is 5.32 Å². The molecule has 0 radical (unpaired) electrons. The van der Waals surface area contributed by atoms with E-state index in [0.29, 0.717) is 19.8 Å². The molecule has 2 aromatic carbocycles. The fraction of sp³-hybridized carbons (Fsp3) is 0.464. The van der Waals surface area contributed by atoms with Gasteiger partial charge in [-0.05, 0) is 36.1 Å². The maximum absolute atomic E-state index is 13.5. The van der Waals surface area contributed by atoms with Crippen molar-refractivity contribution in [3.05, 3.63) is 71.0 Å². The van der Waals surface area contributed by atoms with Crippen LogP contribution in [0.15, 0.2) is 48.5 Å². The molecule has 9 nitrogen and oxygen atoms in total. The van der Waals surface area contributed by atoms with E-state index in [4.69, 9.17) is 4.74 Å². The average molecular weight is 526 g/mol. The third-order valence-electron chi connectivity index (χ3n) is 6.96. The van der Waals surface area contributed by atoms with Gasteiger partial charge in [0.25, 0.3) is 0 Å². The normalized spacial score (nSPS) is 20.2. The van der Waals surface area contributed by atoms with Crippen LogP contribution in [0.5, 0.6) is 0 Å². The monoisotopic (exact) mass is 525 g/mol. The molecule has 0 aromatic heterocycles. The van der Waals surface area contributed by atoms with Crippen molar-refractivity contribution in [1.29, 1.82) is 0 Å². The summed E-state index contributed by atoms with van der Waals surface area (Å²) >= 11 is 0. The van der Waals surface area contributed by atoms with Crippen LogP contribution in [0.3, 0.4) is 0 Å². The molecule has 38 heavy (non-hydrogen) atoms. The van der Waals surface area contributed by atoms with E-state index in [1.165, 1.54) is 22.7 Å². The molecule has 4 rings (SSSR count). The molecular weight excluding hydrogens is 489 g/mol. The topological polar surface area (TPSA) is 85.4 Å². The second-order valence-electron chi connectivity index (χ2n) is 10.2. The summed E-state index contributed by atoms with van der Waals surface area (Å²) in [4.78, 5) is 43.2. The number of hydrogen-bond acceptors (Lipinski definition) is 5. The van der Waals surface area contributed by atoms with Gasteiger partial charge in [-0.15, -0.1) is 0 Å². The molecule has 204 valence electrons. The molecule has 2 heterocycles. The zero-order valence-corrected chi connectivity index (χ0v) is 22.4. The minimum atomic E-state index is -0.681. The van der Waals surface area contributed by atoms with Crippen molar-refractivity contribution in [2.45, 2.75) is 46.1 Å². The number of nitrogens with zero attached hydrogens (tertiary/aromatic N) is 4. The Morgan fingerprint density at radius 3 is 2.39 bits per heavy atom. The molecule has 0 unspecified atom stereocenters. The van der Waals surface area contributed by atoms with Gasteiger partial charge in [0, 0.05) is 20.1 Å². The van der Waals surface area contributed by atoms with Crippen molar-refractivity contribution >= 4 is 17.8 Å². The fourth-order valence-corrected chi connectivity index (χ4v) is 4.97. The quantitative estimate of drug-likeness (QED) is 0.536. The van der Waals surface area contributed by atoms with Gasteiger partial charge in [0.05, 0.1) is 26.3 Å². The van der Waals surface area contributed by atoms with Crippen molar-refractivity contribution in [2.24, 2.45) is 5.92 Å². The van der Waals surface area contributed by atoms with E-state index in [1.54, 1.807) is 34.0 Å². The molecule has 10 heteroatoms. The van der Waals surface area contributed by atoms with Crippen LogP contribution < -0.4 is 5.32 Å². The Labute approximate surface area is 223 Å². The Balaban J connectivity index is 1.46. The maximum Gasteiger partial charge on any atom is 0.334 e. The Bertz CT molecular complexity index is 1140. The van der Waals surface area contributed by atoms with Gasteiger partial charge in [0.1, 0.15) is 18.0 Å². The number of likely N-dealkylation sites (N-methyl/N-ethyl adjacent to an activating group) is 1. The van der Waals surface area contributed by atoms with E-state index in [1.807, 2.05) is 45.0 Å². The molecule has 0 spiro atoms. The van der Waals surface area contributed by atoms with Crippen molar-refractivity contribution in [3.8, 4) is 0 Å². The van der Waals surface area contributed by atoms with Gasteiger partial charge in [-0.3, -0.25) is 9.59 Å². The predicted octanol–water partition coefficient (Wildman–Crippen LogP) is 2.74. The molecule has 2 atom stereocenters. The molecule has 2 aliphatic rings. The number of urea groups is 1. The molecule has 0 saturated carbocycles. The highest BCUT2D eigenvalue weighted by atomic mass is 19.1. The average Bonchev–Trinajstić information content (AvgIpc) is 2.87. The van der Waals surface area contributed by atoms with Crippen LogP contribution in [0, 0.1) is 18.7 Å². The van der Waals surface area contributed by atoms with E-state index >= 15 is 0 Å². The number of amides is 4. The molecule has 0 aliphatic carbocycles. The van der Waals surface area contributed by atoms with Crippen molar-refractivity contribution in [1.82, 2.24) is 25.1 Å². The van der Waals surface area contributed by atoms with Gasteiger partial charge in [0.15, 0.2) is 0 Å². The second-order valence-corrected chi connectivity index (χ2v) is 10.2. The molecule has 4 amide bonds. The van der Waals surface area contributed by atoms with Crippen LogP contribution in [0.2, 0.25) is 0 Å². The smallest absolute Gasteiger partial charge is 0.334 e. The van der Waals surface area contributed by atoms with Gasteiger partial charge < -0.3 is 19.9 Å². The summed E-state index contributed by atoms with van der Waals surface area (Å²) in [5.74, 6) is -0.820. The summed E-state index contributed by atoms with van der Waals surface area (Å²) in [6.45, 7) is 7.31. The van der Waals surface area contributed by atoms with E-state index in [9.17, 15) is 18.8 Å². The summed E-state index contributed by atoms with van der Waals surface area (Å²) in [6, 6.07) is 12.9. The van der Waals surface area contributed by atoms with Crippen molar-refractivity contribution in [2.75, 3.05) is 33.3 Å². The summed E-state index contributed by atoms with van der Waals surface area (Å²) < 4.78 is 19.1. The highest BCUT2D eigenvalue weighted by Crippen LogP contribution is 2.29. The minimum Gasteiger partial charge on any atom is -0.375 e. The standard InChI is InChI=1S/C28H36FN5O4/c1-19(2)26-27(36)32(13-14-38-18-22-7-5-20(3)6-8-22)16-24-33(26)25(35)17-31(4)34(24)28(37)30-15-21-9-11-23(29)12-10-21/h5-12,19,24,26H,13-18H2,1-4H3,(H,30,37)/t24-,26-/m0/s1. The molecule has 2 saturated heterocycles. The van der Waals surface area contributed by atoms with E-state index in [-0.39, 0.29) is 43.2 Å². The summed E-state index contributed by atoms with van der Waals surface area (Å²) in [6.07, 6.45) is -0.656. The molecule has 2 aromatic rings. The second kappa shape index (κ2) is 11.9. The van der Waals surface area contributed by atoms with E-state index < -0.39 is 18.2 Å². The number of nitrogens with one attached hydrogen (secondary N) is 1. The first-order valence-electron chi connectivity index (χ1n) is 12.9. The zero-order valence-electron chi connectivity index (χ0n) is 22.4. The molecular formula is C28H36FN5O4. The number of rotatable bonds is 8. The number of carbonyl (C=O) groups is 3. The zero-order chi connectivity index (χ0) is 27.4. The van der Waals surface area contributed by atoms with Crippen LogP contribution in [-0.4, -0.2) is 83.2 Å². The SMILES string of the molecule is Cc1ccc(COCCN2C[C@H]3N(C(=O)CN(C)N3C(=O)NCc3ccc(F)cc3)[C@@H](C(C)C)C2=O)cc1. The van der Waals surface area contributed by atoms with Gasteiger partial charge in [0.2, 0.25) is 11.8 Å². The van der Waals surface area contributed by atoms with Gasteiger partial charge in [-0.2, -0.15) is 0 Å². The van der Waals surface area contributed by atoms with Crippen molar-refractivity contribution < 1.29 is 23.5 Å².